The third-order valence-electron chi connectivity index (χ3n) is 3.29. The maximum Gasteiger partial charge on any atom is 0.233 e. The smallest absolute Gasteiger partial charge is 0.233 e. The van der Waals surface area contributed by atoms with Gasteiger partial charge in [-0.3, -0.25) is 9.36 Å². The number of likely N-dealkylation sites (N-methyl/N-ethyl adjacent to an activating group) is 1. The number of aromatic nitrogens is 3. The van der Waals surface area contributed by atoms with Gasteiger partial charge in [0.1, 0.15) is 0 Å². The molecule has 23 heavy (non-hydrogen) atoms. The Morgan fingerprint density at radius 3 is 2.78 bits per heavy atom. The van der Waals surface area contributed by atoms with E-state index in [0.29, 0.717) is 37.0 Å². The van der Waals surface area contributed by atoms with Gasteiger partial charge in [-0.1, -0.05) is 23.9 Å². The highest BCUT2D eigenvalue weighted by atomic mass is 32.2. The topological polar surface area (TPSA) is 64.2 Å². The van der Waals surface area contributed by atoms with Crippen molar-refractivity contribution in [3.8, 4) is 11.6 Å². The number of amides is 1. The van der Waals surface area contributed by atoms with Crippen molar-refractivity contribution in [3.05, 3.63) is 30.5 Å². The molecule has 0 bridgehead atoms. The predicted molar refractivity (Wildman–Crippen MR) is 91.2 cm³/mol. The van der Waals surface area contributed by atoms with Crippen molar-refractivity contribution in [2.24, 2.45) is 0 Å². The van der Waals surface area contributed by atoms with Crippen molar-refractivity contribution in [2.75, 3.05) is 18.8 Å². The zero-order chi connectivity index (χ0) is 16.8. The van der Waals surface area contributed by atoms with Crippen LogP contribution in [0.1, 0.15) is 20.8 Å². The van der Waals surface area contributed by atoms with Crippen molar-refractivity contribution in [1.29, 1.82) is 0 Å². The Kier molecular flexibility index (Phi) is 6.04. The Balaban J connectivity index is 2.06. The number of furan rings is 1. The van der Waals surface area contributed by atoms with Crippen LogP contribution >= 0.6 is 11.8 Å². The van der Waals surface area contributed by atoms with Gasteiger partial charge in [0.15, 0.2) is 16.7 Å². The summed E-state index contributed by atoms with van der Waals surface area (Å²) in [6.07, 6.45) is 1.61. The average Bonchev–Trinajstić information content (AvgIpc) is 3.18. The van der Waals surface area contributed by atoms with Gasteiger partial charge >= 0.3 is 0 Å². The molecule has 0 saturated carbocycles. The molecule has 0 radical (unpaired) electrons. The van der Waals surface area contributed by atoms with Crippen LogP contribution in [0, 0.1) is 0 Å². The monoisotopic (exact) mass is 334 g/mol. The Labute approximate surface area is 140 Å². The van der Waals surface area contributed by atoms with Gasteiger partial charge in [0.2, 0.25) is 5.91 Å². The van der Waals surface area contributed by atoms with E-state index in [2.05, 4.69) is 16.8 Å². The van der Waals surface area contributed by atoms with E-state index in [1.54, 1.807) is 11.2 Å². The van der Waals surface area contributed by atoms with Gasteiger partial charge in [-0.05, 0) is 32.9 Å². The van der Waals surface area contributed by atoms with Gasteiger partial charge < -0.3 is 9.32 Å². The van der Waals surface area contributed by atoms with Crippen molar-refractivity contribution in [3.63, 3.8) is 0 Å². The molecule has 0 aliphatic heterocycles. The summed E-state index contributed by atoms with van der Waals surface area (Å²) in [6, 6.07) is 3.67. The number of carbonyl (C=O) groups excluding carboxylic acids is 1. The van der Waals surface area contributed by atoms with E-state index in [1.165, 1.54) is 11.8 Å². The van der Waals surface area contributed by atoms with E-state index in [4.69, 9.17) is 4.42 Å². The van der Waals surface area contributed by atoms with Crippen molar-refractivity contribution in [2.45, 2.75) is 32.5 Å². The highest BCUT2D eigenvalue weighted by Gasteiger charge is 2.18. The van der Waals surface area contributed by atoms with Crippen LogP contribution in [0.2, 0.25) is 0 Å². The highest BCUT2D eigenvalue weighted by Crippen LogP contribution is 2.24. The molecule has 6 nitrogen and oxygen atoms in total. The van der Waals surface area contributed by atoms with Crippen LogP contribution < -0.4 is 0 Å². The van der Waals surface area contributed by atoms with Crippen LogP contribution in [0.3, 0.4) is 0 Å². The Bertz CT molecular complexity index is 664. The fraction of sp³-hybridized carbons (Fsp3) is 0.438. The molecule has 0 spiro atoms. The van der Waals surface area contributed by atoms with Gasteiger partial charge in [0, 0.05) is 19.6 Å². The van der Waals surface area contributed by atoms with Crippen LogP contribution in [-0.2, 0) is 11.3 Å². The third kappa shape index (κ3) is 4.25. The maximum absolute atomic E-state index is 12.3. The van der Waals surface area contributed by atoms with Crippen LogP contribution in [0.4, 0.5) is 0 Å². The lowest BCUT2D eigenvalue weighted by Crippen LogP contribution is -2.33. The van der Waals surface area contributed by atoms with E-state index in [-0.39, 0.29) is 5.91 Å². The summed E-state index contributed by atoms with van der Waals surface area (Å²) in [5.74, 6) is 1.76. The number of hydrogen-bond donors (Lipinski definition) is 0. The molecule has 0 unspecified atom stereocenters. The van der Waals surface area contributed by atoms with Crippen LogP contribution in [-0.4, -0.2) is 44.4 Å². The molecule has 0 atom stereocenters. The van der Waals surface area contributed by atoms with Gasteiger partial charge in [0.05, 0.1) is 12.0 Å². The maximum atomic E-state index is 12.3. The van der Waals surface area contributed by atoms with E-state index in [0.717, 1.165) is 10.7 Å². The molecule has 0 aliphatic rings. The summed E-state index contributed by atoms with van der Waals surface area (Å²) in [5, 5.41) is 9.09. The molecular weight excluding hydrogens is 312 g/mol. The number of hydrogen-bond acceptors (Lipinski definition) is 5. The van der Waals surface area contributed by atoms with Crippen molar-refractivity contribution in [1.82, 2.24) is 19.7 Å². The molecule has 2 rings (SSSR count). The van der Waals surface area contributed by atoms with E-state index >= 15 is 0 Å². The fourth-order valence-electron chi connectivity index (χ4n) is 2.19. The van der Waals surface area contributed by atoms with Crippen LogP contribution in [0.25, 0.3) is 11.6 Å². The van der Waals surface area contributed by atoms with E-state index in [9.17, 15) is 4.79 Å². The van der Waals surface area contributed by atoms with Crippen molar-refractivity contribution >= 4 is 17.7 Å². The minimum Gasteiger partial charge on any atom is -0.461 e. The highest BCUT2D eigenvalue weighted by molar-refractivity contribution is 7.99. The SMILES string of the molecule is C=C(C)CN(CC)C(=O)CSc1nnc(-c2ccco2)n1CC. The molecule has 0 saturated heterocycles. The lowest BCUT2D eigenvalue weighted by Gasteiger charge is -2.20. The molecule has 2 aromatic heterocycles. The molecule has 0 aliphatic carbocycles. The standard InChI is InChI=1S/C16H22N4O2S/c1-5-19(10-12(3)4)14(21)11-23-16-18-17-15(20(16)6-2)13-8-7-9-22-13/h7-9H,3,5-6,10-11H2,1-2,4H3. The molecule has 0 fully saturated rings. The quantitative estimate of drug-likeness (QED) is 0.548. The lowest BCUT2D eigenvalue weighted by atomic mass is 10.3. The zero-order valence-electron chi connectivity index (χ0n) is 13.8. The Hall–Kier alpha value is -2.02. The van der Waals surface area contributed by atoms with Crippen LogP contribution in [0.15, 0.2) is 40.1 Å². The molecule has 1 amide bonds. The summed E-state index contributed by atoms with van der Waals surface area (Å²) in [5.41, 5.74) is 0.974. The minimum absolute atomic E-state index is 0.0747. The van der Waals surface area contributed by atoms with E-state index in [1.807, 2.05) is 37.5 Å². The predicted octanol–water partition coefficient (Wildman–Crippen LogP) is 3.07. The number of nitrogens with zero attached hydrogens (tertiary/aromatic N) is 4. The second-order valence-corrected chi connectivity index (χ2v) is 6.12. The van der Waals surface area contributed by atoms with E-state index < -0.39 is 0 Å². The molecule has 7 heteroatoms. The Morgan fingerprint density at radius 1 is 1.43 bits per heavy atom. The first-order valence-corrected chi connectivity index (χ1v) is 8.57. The number of rotatable bonds is 8. The second-order valence-electron chi connectivity index (χ2n) is 5.18. The zero-order valence-corrected chi connectivity index (χ0v) is 14.6. The summed E-state index contributed by atoms with van der Waals surface area (Å²) in [7, 11) is 0. The molecule has 0 aromatic carbocycles. The second kappa shape index (κ2) is 8.01. The van der Waals surface area contributed by atoms with Gasteiger partial charge in [-0.25, -0.2) is 0 Å². The summed E-state index contributed by atoms with van der Waals surface area (Å²) < 4.78 is 7.33. The number of carbonyl (C=O) groups is 1. The molecule has 124 valence electrons. The third-order valence-corrected chi connectivity index (χ3v) is 4.25. The first-order chi connectivity index (χ1) is 11.1. The summed E-state index contributed by atoms with van der Waals surface area (Å²) in [6.45, 7) is 11.7. The molecular formula is C16H22N4O2S. The Morgan fingerprint density at radius 2 is 2.22 bits per heavy atom. The molecule has 2 heterocycles. The normalized spacial score (nSPS) is 10.7. The van der Waals surface area contributed by atoms with Gasteiger partial charge in [-0.2, -0.15) is 0 Å². The largest absolute Gasteiger partial charge is 0.461 e. The first kappa shape index (κ1) is 17.3. The number of thioether (sulfide) groups is 1. The molecule has 0 N–H and O–H groups in total. The summed E-state index contributed by atoms with van der Waals surface area (Å²) in [4.78, 5) is 14.1. The van der Waals surface area contributed by atoms with Gasteiger partial charge in [-0.15, -0.1) is 10.2 Å². The van der Waals surface area contributed by atoms with Gasteiger partial charge in [0.25, 0.3) is 0 Å². The first-order valence-electron chi connectivity index (χ1n) is 7.58. The average molecular weight is 334 g/mol. The lowest BCUT2D eigenvalue weighted by molar-refractivity contribution is -0.127. The fourth-order valence-corrected chi connectivity index (χ4v) is 3.09. The molecule has 2 aromatic rings. The van der Waals surface area contributed by atoms with Crippen LogP contribution in [0.5, 0.6) is 0 Å². The minimum atomic E-state index is 0.0747. The van der Waals surface area contributed by atoms with Crippen molar-refractivity contribution < 1.29 is 9.21 Å². The summed E-state index contributed by atoms with van der Waals surface area (Å²) >= 11 is 1.40.